The minimum absolute atomic E-state index is 0. The van der Waals surface area contributed by atoms with Crippen LogP contribution in [0, 0.1) is 0 Å². The van der Waals surface area contributed by atoms with Gasteiger partial charge in [-0.3, -0.25) is 4.79 Å². The summed E-state index contributed by atoms with van der Waals surface area (Å²) in [7, 11) is 3.17. The normalized spacial score (nSPS) is 11.3. The highest BCUT2D eigenvalue weighted by Crippen LogP contribution is 2.30. The Hall–Kier alpha value is -1.46. The van der Waals surface area contributed by atoms with Crippen LogP contribution in [0.4, 0.5) is 0 Å². The topological polar surface area (TPSA) is 70.8 Å². The van der Waals surface area contributed by atoms with Crippen molar-refractivity contribution in [3.8, 4) is 11.5 Å². The third kappa shape index (κ3) is 5.81. The highest BCUT2D eigenvalue weighted by molar-refractivity contribution is 5.85. The molecule has 0 aliphatic heterocycles. The van der Waals surface area contributed by atoms with Gasteiger partial charge < -0.3 is 19.9 Å². The molecule has 0 spiro atoms. The lowest BCUT2D eigenvalue weighted by molar-refractivity contribution is -0.142. The molecule has 0 fully saturated rings. The zero-order valence-electron chi connectivity index (χ0n) is 13.0. The lowest BCUT2D eigenvalue weighted by Crippen LogP contribution is -2.18. The standard InChI is InChI=1S/C15H23NO4.ClH/c1-5-20-15(17)9-12-8-13(18-3)11(6-10(2)16)7-14(12)19-4;/h7-8,10H,5-6,9,16H2,1-4H3;1H/t10-;/m1./s1. The van der Waals surface area contributed by atoms with Crippen LogP contribution in [0.1, 0.15) is 25.0 Å². The van der Waals surface area contributed by atoms with E-state index in [1.165, 1.54) is 0 Å². The molecule has 0 amide bonds. The average molecular weight is 318 g/mol. The summed E-state index contributed by atoms with van der Waals surface area (Å²) in [6, 6.07) is 3.70. The van der Waals surface area contributed by atoms with Gasteiger partial charge in [-0.1, -0.05) is 0 Å². The number of hydrogen-bond donors (Lipinski definition) is 1. The van der Waals surface area contributed by atoms with E-state index in [1.54, 1.807) is 21.1 Å². The largest absolute Gasteiger partial charge is 0.496 e. The van der Waals surface area contributed by atoms with Crippen LogP contribution in [0.5, 0.6) is 11.5 Å². The molecular weight excluding hydrogens is 294 g/mol. The van der Waals surface area contributed by atoms with E-state index in [-0.39, 0.29) is 30.8 Å². The summed E-state index contributed by atoms with van der Waals surface area (Å²) in [5, 5.41) is 0. The molecule has 0 bridgehead atoms. The third-order valence-corrected chi connectivity index (χ3v) is 2.87. The Bertz CT molecular complexity index is 463. The van der Waals surface area contributed by atoms with Crippen LogP contribution in [0.25, 0.3) is 0 Å². The number of nitrogens with two attached hydrogens (primary N) is 1. The van der Waals surface area contributed by atoms with E-state index in [2.05, 4.69) is 0 Å². The second kappa shape index (κ2) is 9.47. The number of ether oxygens (including phenoxy) is 3. The van der Waals surface area contributed by atoms with Crippen LogP contribution in [0.2, 0.25) is 0 Å². The number of methoxy groups -OCH3 is 2. The van der Waals surface area contributed by atoms with Crippen molar-refractivity contribution in [3.05, 3.63) is 23.3 Å². The first-order chi connectivity index (χ1) is 9.51. The molecule has 0 unspecified atom stereocenters. The molecule has 1 aromatic carbocycles. The highest BCUT2D eigenvalue weighted by Gasteiger charge is 2.15. The van der Waals surface area contributed by atoms with Gasteiger partial charge in [-0.25, -0.2) is 0 Å². The summed E-state index contributed by atoms with van der Waals surface area (Å²) in [4.78, 5) is 11.6. The van der Waals surface area contributed by atoms with Gasteiger partial charge in [0.1, 0.15) is 11.5 Å². The first-order valence-electron chi connectivity index (χ1n) is 6.66. The fraction of sp³-hybridized carbons (Fsp3) is 0.533. The van der Waals surface area contributed by atoms with Crippen LogP contribution in [0.3, 0.4) is 0 Å². The second-order valence-corrected chi connectivity index (χ2v) is 4.64. The monoisotopic (exact) mass is 317 g/mol. The van der Waals surface area contributed by atoms with Gasteiger partial charge in [0, 0.05) is 11.6 Å². The smallest absolute Gasteiger partial charge is 0.310 e. The van der Waals surface area contributed by atoms with Crippen LogP contribution in [-0.2, 0) is 22.4 Å². The summed E-state index contributed by atoms with van der Waals surface area (Å²) < 4.78 is 15.7. The summed E-state index contributed by atoms with van der Waals surface area (Å²) in [5.41, 5.74) is 7.54. The molecule has 0 heterocycles. The van der Waals surface area contributed by atoms with Gasteiger partial charge in [0.2, 0.25) is 0 Å². The maximum atomic E-state index is 11.6. The van der Waals surface area contributed by atoms with Gasteiger partial charge in [0.15, 0.2) is 0 Å². The Morgan fingerprint density at radius 2 is 1.71 bits per heavy atom. The minimum Gasteiger partial charge on any atom is -0.496 e. The molecule has 0 saturated heterocycles. The molecule has 5 nitrogen and oxygen atoms in total. The molecule has 0 saturated carbocycles. The number of benzene rings is 1. The molecule has 120 valence electrons. The lowest BCUT2D eigenvalue weighted by atomic mass is 10.0. The first kappa shape index (κ1) is 19.5. The van der Waals surface area contributed by atoms with Crippen molar-refractivity contribution in [2.45, 2.75) is 32.7 Å². The third-order valence-electron chi connectivity index (χ3n) is 2.87. The van der Waals surface area contributed by atoms with E-state index < -0.39 is 0 Å². The van der Waals surface area contributed by atoms with Crippen molar-refractivity contribution >= 4 is 18.4 Å². The Labute approximate surface area is 132 Å². The quantitative estimate of drug-likeness (QED) is 0.780. The summed E-state index contributed by atoms with van der Waals surface area (Å²) in [6.07, 6.45) is 0.838. The fourth-order valence-electron chi connectivity index (χ4n) is 2.04. The zero-order chi connectivity index (χ0) is 15.1. The SMILES string of the molecule is CCOC(=O)Cc1cc(OC)c(C[C@@H](C)N)cc1OC.Cl. The first-order valence-corrected chi connectivity index (χ1v) is 6.66. The van der Waals surface area contributed by atoms with Crippen molar-refractivity contribution in [2.24, 2.45) is 5.73 Å². The van der Waals surface area contributed by atoms with Crippen molar-refractivity contribution in [1.82, 2.24) is 0 Å². The van der Waals surface area contributed by atoms with Crippen molar-refractivity contribution < 1.29 is 19.0 Å². The van der Waals surface area contributed by atoms with E-state index in [9.17, 15) is 4.79 Å². The summed E-state index contributed by atoms with van der Waals surface area (Å²) >= 11 is 0. The zero-order valence-corrected chi connectivity index (χ0v) is 13.8. The number of rotatable bonds is 7. The van der Waals surface area contributed by atoms with Crippen molar-refractivity contribution in [3.63, 3.8) is 0 Å². The predicted molar refractivity (Wildman–Crippen MR) is 84.5 cm³/mol. The number of halogens is 1. The summed E-state index contributed by atoms with van der Waals surface area (Å²) in [6.45, 7) is 4.07. The molecule has 1 aromatic rings. The highest BCUT2D eigenvalue weighted by atomic mass is 35.5. The van der Waals surface area contributed by atoms with E-state index in [0.29, 0.717) is 24.5 Å². The average Bonchev–Trinajstić information content (AvgIpc) is 2.39. The van der Waals surface area contributed by atoms with Gasteiger partial charge in [-0.15, -0.1) is 12.4 Å². The van der Waals surface area contributed by atoms with Crippen molar-refractivity contribution in [1.29, 1.82) is 0 Å². The molecule has 0 aliphatic carbocycles. The molecular formula is C15H24ClNO4. The van der Waals surface area contributed by atoms with Crippen LogP contribution < -0.4 is 15.2 Å². The van der Waals surface area contributed by atoms with E-state index >= 15 is 0 Å². The van der Waals surface area contributed by atoms with Gasteiger partial charge in [-0.05, 0) is 38.0 Å². The maximum absolute atomic E-state index is 11.6. The van der Waals surface area contributed by atoms with Crippen LogP contribution >= 0.6 is 12.4 Å². The molecule has 1 rings (SSSR count). The molecule has 0 aromatic heterocycles. The number of carbonyl (C=O) groups excluding carboxylic acids is 1. The second-order valence-electron chi connectivity index (χ2n) is 4.64. The van der Waals surface area contributed by atoms with Gasteiger partial charge in [0.05, 0.1) is 27.2 Å². The Morgan fingerprint density at radius 1 is 1.19 bits per heavy atom. The lowest BCUT2D eigenvalue weighted by Gasteiger charge is -2.16. The van der Waals surface area contributed by atoms with Crippen LogP contribution in [-0.4, -0.2) is 32.8 Å². The Kier molecular flexibility index (Phi) is 8.81. The molecule has 6 heteroatoms. The number of hydrogen-bond acceptors (Lipinski definition) is 5. The summed E-state index contributed by atoms with van der Waals surface area (Å²) in [5.74, 6) is 1.07. The van der Waals surface area contributed by atoms with E-state index in [1.807, 2.05) is 19.1 Å². The maximum Gasteiger partial charge on any atom is 0.310 e. The molecule has 0 radical (unpaired) electrons. The fourth-order valence-corrected chi connectivity index (χ4v) is 2.04. The Morgan fingerprint density at radius 3 is 2.19 bits per heavy atom. The minimum atomic E-state index is -0.284. The molecule has 21 heavy (non-hydrogen) atoms. The Balaban J connectivity index is 0.00000400. The van der Waals surface area contributed by atoms with Gasteiger partial charge in [0.25, 0.3) is 0 Å². The predicted octanol–water partition coefficient (Wildman–Crippen LogP) is 2.12. The number of carbonyl (C=O) groups is 1. The van der Waals surface area contributed by atoms with Gasteiger partial charge >= 0.3 is 5.97 Å². The molecule has 2 N–H and O–H groups in total. The molecule has 0 aliphatic rings. The number of esters is 1. The van der Waals surface area contributed by atoms with Crippen LogP contribution in [0.15, 0.2) is 12.1 Å². The molecule has 1 atom stereocenters. The van der Waals surface area contributed by atoms with Crippen molar-refractivity contribution in [2.75, 3.05) is 20.8 Å². The van der Waals surface area contributed by atoms with E-state index in [4.69, 9.17) is 19.9 Å². The van der Waals surface area contributed by atoms with E-state index in [0.717, 1.165) is 11.1 Å². The van der Waals surface area contributed by atoms with Gasteiger partial charge in [-0.2, -0.15) is 0 Å².